The number of piperidine rings is 1. The molecule has 1 aliphatic rings. The van der Waals surface area contributed by atoms with Gasteiger partial charge in [-0.15, -0.1) is 0 Å². The third-order valence-electron chi connectivity index (χ3n) is 4.95. The van der Waals surface area contributed by atoms with Gasteiger partial charge in [-0.2, -0.15) is 0 Å². The van der Waals surface area contributed by atoms with E-state index in [-0.39, 0.29) is 28.1 Å². The summed E-state index contributed by atoms with van der Waals surface area (Å²) in [5, 5.41) is 3.01. The molecule has 1 amide bonds. The fraction of sp³-hybridized carbons (Fsp3) is 0.524. The Bertz CT molecular complexity index is 945. The molecule has 1 aromatic carbocycles. The Balaban J connectivity index is 1.58. The molecule has 6 nitrogen and oxygen atoms in total. The fourth-order valence-corrected chi connectivity index (χ4v) is 3.53. The molecular formula is C21H27F2N3O3. The van der Waals surface area contributed by atoms with E-state index < -0.39 is 17.7 Å². The van der Waals surface area contributed by atoms with Crippen LogP contribution in [0.5, 0.6) is 0 Å². The molecule has 2 aromatic rings. The van der Waals surface area contributed by atoms with Gasteiger partial charge in [-0.1, -0.05) is 0 Å². The van der Waals surface area contributed by atoms with Gasteiger partial charge < -0.3 is 19.5 Å². The zero-order chi connectivity index (χ0) is 21.2. The lowest BCUT2D eigenvalue weighted by molar-refractivity contribution is 0.0464. The second-order valence-corrected chi connectivity index (χ2v) is 8.46. The number of likely N-dealkylation sites (tertiary alicyclic amines) is 1. The molecule has 1 N–H and O–H groups in total. The van der Waals surface area contributed by atoms with Crippen LogP contribution >= 0.6 is 0 Å². The largest absolute Gasteiger partial charge is 0.446 e. The first kappa shape index (κ1) is 21.2. The predicted molar refractivity (Wildman–Crippen MR) is 107 cm³/mol. The smallest absolute Gasteiger partial charge is 0.407 e. The van der Waals surface area contributed by atoms with E-state index in [1.165, 1.54) is 22.8 Å². The summed E-state index contributed by atoms with van der Waals surface area (Å²) in [7, 11) is 0. The van der Waals surface area contributed by atoms with Crippen LogP contribution in [0.3, 0.4) is 0 Å². The number of benzene rings is 1. The molecular weight excluding hydrogens is 380 g/mol. The number of rotatable bonds is 4. The van der Waals surface area contributed by atoms with Crippen molar-refractivity contribution in [3.8, 4) is 0 Å². The molecule has 0 unspecified atom stereocenters. The highest BCUT2D eigenvalue weighted by Crippen LogP contribution is 2.19. The monoisotopic (exact) mass is 407 g/mol. The Labute approximate surface area is 168 Å². The van der Waals surface area contributed by atoms with Gasteiger partial charge in [0.25, 0.3) is 5.56 Å². The molecule has 0 bridgehead atoms. The van der Waals surface area contributed by atoms with Gasteiger partial charge in [-0.05, 0) is 45.7 Å². The van der Waals surface area contributed by atoms with Crippen molar-refractivity contribution in [3.63, 3.8) is 0 Å². The summed E-state index contributed by atoms with van der Waals surface area (Å²) >= 11 is 0. The number of amides is 1. The van der Waals surface area contributed by atoms with Crippen LogP contribution in [0.4, 0.5) is 13.6 Å². The molecule has 0 spiro atoms. The molecule has 0 saturated carbocycles. The molecule has 0 radical (unpaired) electrons. The zero-order valence-electron chi connectivity index (χ0n) is 17.0. The molecule has 8 heteroatoms. The number of ether oxygens (including phenoxy) is 1. The second-order valence-electron chi connectivity index (χ2n) is 8.46. The average Bonchev–Trinajstić information content (AvgIpc) is 2.60. The number of carbonyl (C=O) groups is 1. The summed E-state index contributed by atoms with van der Waals surface area (Å²) in [5.74, 6) is -1.39. The van der Waals surface area contributed by atoms with Crippen molar-refractivity contribution < 1.29 is 18.3 Å². The minimum atomic E-state index is -0.708. The van der Waals surface area contributed by atoms with Gasteiger partial charge in [0.15, 0.2) is 0 Å². The Kier molecular flexibility index (Phi) is 6.21. The maximum atomic E-state index is 14.0. The van der Waals surface area contributed by atoms with Crippen molar-refractivity contribution >= 4 is 17.0 Å². The van der Waals surface area contributed by atoms with E-state index in [1.54, 1.807) is 0 Å². The molecule has 1 fully saturated rings. The first-order valence-corrected chi connectivity index (χ1v) is 9.82. The number of aromatic nitrogens is 1. The Hall–Kier alpha value is -2.48. The van der Waals surface area contributed by atoms with E-state index in [2.05, 4.69) is 10.2 Å². The van der Waals surface area contributed by atoms with Gasteiger partial charge >= 0.3 is 6.09 Å². The summed E-state index contributed by atoms with van der Waals surface area (Å²) in [5.41, 5.74) is -0.380. The third kappa shape index (κ3) is 5.53. The summed E-state index contributed by atoms with van der Waals surface area (Å²) in [6.45, 7) is 8.01. The molecule has 0 aliphatic carbocycles. The highest BCUT2D eigenvalue weighted by atomic mass is 19.1. The molecule has 158 valence electrons. The summed E-state index contributed by atoms with van der Waals surface area (Å²) < 4.78 is 34.5. The lowest BCUT2D eigenvalue weighted by atomic mass is 10.1. The molecule has 2 heterocycles. The van der Waals surface area contributed by atoms with Crippen LogP contribution in [-0.2, 0) is 11.3 Å². The van der Waals surface area contributed by atoms with Crippen molar-refractivity contribution in [1.82, 2.24) is 14.8 Å². The van der Waals surface area contributed by atoms with Crippen molar-refractivity contribution in [2.75, 3.05) is 19.6 Å². The molecule has 0 atom stereocenters. The van der Waals surface area contributed by atoms with Gasteiger partial charge in [0.2, 0.25) is 0 Å². The number of hydrogen-bond donors (Lipinski definition) is 1. The normalized spacial score (nSPS) is 16.2. The maximum absolute atomic E-state index is 14.0. The maximum Gasteiger partial charge on any atom is 0.407 e. The molecule has 1 aromatic heterocycles. The minimum Gasteiger partial charge on any atom is -0.446 e. The minimum absolute atomic E-state index is 0.142. The number of fused-ring (bicyclic) bond motifs is 1. The van der Waals surface area contributed by atoms with Crippen LogP contribution in [0.15, 0.2) is 29.1 Å². The fourth-order valence-electron chi connectivity index (χ4n) is 3.53. The lowest BCUT2D eigenvalue weighted by Gasteiger charge is -2.32. The lowest BCUT2D eigenvalue weighted by Crippen LogP contribution is -2.45. The van der Waals surface area contributed by atoms with E-state index in [1.807, 2.05) is 20.8 Å². The molecule has 1 aliphatic heterocycles. The Morgan fingerprint density at radius 3 is 2.52 bits per heavy atom. The second kappa shape index (κ2) is 8.49. The number of nitrogens with one attached hydrogen (secondary N) is 1. The number of alkyl carbamates (subject to hydrolysis) is 1. The summed E-state index contributed by atoms with van der Waals surface area (Å²) in [4.78, 5) is 26.3. The van der Waals surface area contributed by atoms with Crippen LogP contribution in [0, 0.1) is 11.6 Å². The van der Waals surface area contributed by atoms with Crippen LogP contribution < -0.4 is 10.9 Å². The molecule has 1 saturated heterocycles. The van der Waals surface area contributed by atoms with E-state index in [0.29, 0.717) is 25.9 Å². The zero-order valence-corrected chi connectivity index (χ0v) is 17.0. The average molecular weight is 407 g/mol. The third-order valence-corrected chi connectivity index (χ3v) is 4.95. The van der Waals surface area contributed by atoms with Crippen molar-refractivity contribution in [2.24, 2.45) is 0 Å². The number of pyridine rings is 1. The van der Waals surface area contributed by atoms with Gasteiger partial charge in [-0.3, -0.25) is 4.79 Å². The van der Waals surface area contributed by atoms with Gasteiger partial charge in [0.1, 0.15) is 17.7 Å². The highest BCUT2D eigenvalue weighted by Gasteiger charge is 2.24. The van der Waals surface area contributed by atoms with Gasteiger partial charge in [0, 0.05) is 49.2 Å². The number of hydrogen-bond acceptors (Lipinski definition) is 4. The van der Waals surface area contributed by atoms with Crippen LogP contribution in [-0.4, -0.2) is 46.8 Å². The molecule has 29 heavy (non-hydrogen) atoms. The van der Waals surface area contributed by atoms with E-state index in [9.17, 15) is 18.4 Å². The van der Waals surface area contributed by atoms with Gasteiger partial charge in [-0.25, -0.2) is 13.6 Å². The highest BCUT2D eigenvalue weighted by molar-refractivity contribution is 5.79. The van der Waals surface area contributed by atoms with Crippen molar-refractivity contribution in [2.45, 2.75) is 51.8 Å². The van der Waals surface area contributed by atoms with E-state index in [4.69, 9.17) is 4.74 Å². The Morgan fingerprint density at radius 2 is 1.86 bits per heavy atom. The van der Waals surface area contributed by atoms with Gasteiger partial charge in [0.05, 0.1) is 5.52 Å². The topological polar surface area (TPSA) is 63.6 Å². The number of halogens is 2. The van der Waals surface area contributed by atoms with Crippen LogP contribution in [0.1, 0.15) is 33.6 Å². The van der Waals surface area contributed by atoms with E-state index >= 15 is 0 Å². The first-order valence-electron chi connectivity index (χ1n) is 9.82. The standard InChI is InChI=1S/C21H27F2N3O3/c1-21(2,3)24-20(28)29-15-6-8-25(9-7-15)10-11-26-18-13-14(22)12-17(23)16(18)4-5-19(26)27/h4-5,12-13,15H,6-11H2,1-3H3,(H,24,28). The van der Waals surface area contributed by atoms with E-state index in [0.717, 1.165) is 19.2 Å². The quantitative estimate of drug-likeness (QED) is 0.845. The SMILES string of the molecule is CC(C)(C)NC(=O)OC1CCN(CCn2c(=O)ccc3c(F)cc(F)cc32)CC1. The van der Waals surface area contributed by atoms with Crippen LogP contribution in [0.25, 0.3) is 10.9 Å². The summed E-state index contributed by atoms with van der Waals surface area (Å²) in [6, 6.07) is 4.69. The van der Waals surface area contributed by atoms with Crippen molar-refractivity contribution in [1.29, 1.82) is 0 Å². The summed E-state index contributed by atoms with van der Waals surface area (Å²) in [6.07, 6.45) is 0.843. The van der Waals surface area contributed by atoms with Crippen LogP contribution in [0.2, 0.25) is 0 Å². The first-order chi connectivity index (χ1) is 13.6. The predicted octanol–water partition coefficient (Wildman–Crippen LogP) is 3.27. The molecule has 3 rings (SSSR count). The number of nitrogens with zero attached hydrogens (tertiary/aromatic N) is 2. The number of carbonyl (C=O) groups excluding carboxylic acids is 1. The Morgan fingerprint density at radius 1 is 1.17 bits per heavy atom. The van der Waals surface area contributed by atoms with Crippen molar-refractivity contribution in [3.05, 3.63) is 46.3 Å².